The second kappa shape index (κ2) is 8.73. The zero-order valence-corrected chi connectivity index (χ0v) is 15.6. The number of hydrogen-bond acceptors (Lipinski definition) is 10. The first-order valence-corrected chi connectivity index (χ1v) is 8.67. The molecule has 0 spiro atoms. The van der Waals surface area contributed by atoms with Gasteiger partial charge in [0, 0.05) is 5.56 Å². The Labute approximate surface area is 173 Å². The van der Waals surface area contributed by atoms with Crippen LogP contribution in [0.15, 0.2) is 36.4 Å². The molecule has 31 heavy (non-hydrogen) atoms. The van der Waals surface area contributed by atoms with Crippen LogP contribution in [0, 0.1) is 0 Å². The van der Waals surface area contributed by atoms with Crippen molar-refractivity contribution in [3.05, 3.63) is 69.8 Å². The molecule has 0 bridgehead atoms. The van der Waals surface area contributed by atoms with Crippen LogP contribution in [0.2, 0.25) is 0 Å². The second-order valence-electron chi connectivity index (χ2n) is 6.19. The van der Waals surface area contributed by atoms with Gasteiger partial charge in [0.25, 0.3) is 0 Å². The van der Waals surface area contributed by atoms with E-state index < -0.39 is 48.3 Å². The first-order valence-electron chi connectivity index (χ1n) is 8.67. The molecule has 0 saturated heterocycles. The summed E-state index contributed by atoms with van der Waals surface area (Å²) in [7, 11) is 0. The Balaban J connectivity index is 1.58. The van der Waals surface area contributed by atoms with E-state index >= 15 is 0 Å². The van der Waals surface area contributed by atoms with Crippen molar-refractivity contribution in [3.63, 3.8) is 0 Å². The van der Waals surface area contributed by atoms with Gasteiger partial charge in [0.15, 0.2) is 6.29 Å². The molecule has 11 heteroatoms. The normalized spacial score (nSPS) is 12.4. The van der Waals surface area contributed by atoms with Crippen molar-refractivity contribution >= 4 is 29.8 Å². The highest BCUT2D eigenvalue weighted by molar-refractivity contribution is 6.15. The SMILES string of the molecule is O=C(OCCOC(=O)c1ccc(C(O)O)cc1C(=O)O)c1ccc2c(c1)C(=O)OC2=O. The number of hydrogen-bond donors (Lipinski definition) is 3. The molecule has 160 valence electrons. The number of carboxylic acid groups (broad SMARTS) is 1. The Morgan fingerprint density at radius 3 is 2.13 bits per heavy atom. The molecule has 2 aromatic carbocycles. The maximum Gasteiger partial charge on any atom is 0.346 e. The van der Waals surface area contributed by atoms with Gasteiger partial charge in [0.2, 0.25) is 0 Å². The maximum atomic E-state index is 12.1. The topological polar surface area (TPSA) is 174 Å². The third kappa shape index (κ3) is 4.57. The van der Waals surface area contributed by atoms with Crippen molar-refractivity contribution < 1.29 is 53.5 Å². The molecule has 0 amide bonds. The lowest BCUT2D eigenvalue weighted by molar-refractivity contribution is -0.0425. The van der Waals surface area contributed by atoms with Crippen LogP contribution in [0.5, 0.6) is 0 Å². The molecular formula is C20H14O11. The molecule has 0 saturated carbocycles. The van der Waals surface area contributed by atoms with E-state index in [0.717, 1.165) is 24.3 Å². The molecular weight excluding hydrogens is 416 g/mol. The number of carbonyl (C=O) groups is 5. The maximum absolute atomic E-state index is 12.1. The van der Waals surface area contributed by atoms with Crippen LogP contribution < -0.4 is 0 Å². The number of rotatable bonds is 7. The fourth-order valence-corrected chi connectivity index (χ4v) is 2.72. The molecule has 1 aliphatic heterocycles. The van der Waals surface area contributed by atoms with E-state index in [4.69, 9.17) is 19.7 Å². The van der Waals surface area contributed by atoms with Gasteiger partial charge in [-0.05, 0) is 30.3 Å². The Morgan fingerprint density at radius 2 is 1.48 bits per heavy atom. The molecule has 3 rings (SSSR count). The average molecular weight is 430 g/mol. The molecule has 1 aliphatic rings. The van der Waals surface area contributed by atoms with Crippen LogP contribution in [0.4, 0.5) is 0 Å². The molecule has 2 aromatic rings. The molecule has 0 aromatic heterocycles. The van der Waals surface area contributed by atoms with Crippen molar-refractivity contribution in [1.82, 2.24) is 0 Å². The highest BCUT2D eigenvalue weighted by Gasteiger charge is 2.30. The Hall–Kier alpha value is -4.09. The summed E-state index contributed by atoms with van der Waals surface area (Å²) in [4.78, 5) is 58.4. The summed E-state index contributed by atoms with van der Waals surface area (Å²) in [5.74, 6) is -5.04. The second-order valence-corrected chi connectivity index (χ2v) is 6.19. The molecule has 0 unspecified atom stereocenters. The van der Waals surface area contributed by atoms with Gasteiger partial charge in [-0.15, -0.1) is 0 Å². The van der Waals surface area contributed by atoms with E-state index in [0.29, 0.717) is 0 Å². The average Bonchev–Trinajstić information content (AvgIpc) is 3.03. The predicted molar refractivity (Wildman–Crippen MR) is 97.3 cm³/mol. The summed E-state index contributed by atoms with van der Waals surface area (Å²) in [6.45, 7) is -0.777. The van der Waals surface area contributed by atoms with E-state index in [1.807, 2.05) is 0 Å². The molecule has 0 radical (unpaired) electrons. The van der Waals surface area contributed by atoms with Crippen LogP contribution in [-0.2, 0) is 14.2 Å². The van der Waals surface area contributed by atoms with Crippen molar-refractivity contribution in [1.29, 1.82) is 0 Å². The van der Waals surface area contributed by atoms with Gasteiger partial charge < -0.3 is 29.5 Å². The number of cyclic esters (lactones) is 2. The number of benzene rings is 2. The summed E-state index contributed by atoms with van der Waals surface area (Å²) in [5, 5.41) is 27.4. The first-order chi connectivity index (χ1) is 14.7. The summed E-state index contributed by atoms with van der Waals surface area (Å²) in [5.41, 5.74) is -1.00. The summed E-state index contributed by atoms with van der Waals surface area (Å²) >= 11 is 0. The molecule has 3 N–H and O–H groups in total. The number of aliphatic hydroxyl groups excluding tert-OH is 1. The number of ether oxygens (including phenoxy) is 3. The van der Waals surface area contributed by atoms with Crippen molar-refractivity contribution in [2.75, 3.05) is 13.2 Å². The van der Waals surface area contributed by atoms with Gasteiger partial charge in [0.1, 0.15) is 13.2 Å². The molecule has 0 fully saturated rings. The van der Waals surface area contributed by atoms with Gasteiger partial charge in [-0.2, -0.15) is 0 Å². The van der Waals surface area contributed by atoms with Gasteiger partial charge in [-0.1, -0.05) is 6.07 Å². The van der Waals surface area contributed by atoms with E-state index in [1.54, 1.807) is 0 Å². The number of fused-ring (bicyclic) bond motifs is 1. The molecule has 0 aliphatic carbocycles. The van der Waals surface area contributed by atoms with E-state index in [1.165, 1.54) is 12.1 Å². The lowest BCUT2D eigenvalue weighted by Gasteiger charge is -2.10. The standard InChI is InChI=1S/C20H14O11/c21-15(22)9-1-3-11(13(7-9)16(23)24)18(26)30-6-5-29-17(25)10-2-4-12-14(8-10)20(28)31-19(12)27/h1-4,7-8,15,21-22H,5-6H2,(H,23,24). The van der Waals surface area contributed by atoms with Gasteiger partial charge >= 0.3 is 29.8 Å². The Bertz CT molecular complexity index is 1100. The largest absolute Gasteiger partial charge is 0.478 e. The molecule has 0 atom stereocenters. The highest BCUT2D eigenvalue weighted by Crippen LogP contribution is 2.22. The van der Waals surface area contributed by atoms with E-state index in [9.17, 15) is 29.1 Å². The van der Waals surface area contributed by atoms with E-state index in [-0.39, 0.29) is 34.4 Å². The van der Waals surface area contributed by atoms with Crippen LogP contribution in [0.3, 0.4) is 0 Å². The van der Waals surface area contributed by atoms with Crippen LogP contribution in [-0.4, -0.2) is 58.4 Å². The minimum atomic E-state index is -1.92. The van der Waals surface area contributed by atoms with Crippen LogP contribution in [0.25, 0.3) is 0 Å². The fraction of sp³-hybridized carbons (Fsp3) is 0.150. The lowest BCUT2D eigenvalue weighted by Crippen LogP contribution is -2.17. The van der Waals surface area contributed by atoms with Gasteiger partial charge in [0.05, 0.1) is 27.8 Å². The number of aromatic carboxylic acids is 1. The molecule has 1 heterocycles. The minimum Gasteiger partial charge on any atom is -0.478 e. The monoisotopic (exact) mass is 430 g/mol. The quantitative estimate of drug-likeness (QED) is 0.185. The number of carbonyl (C=O) groups excluding carboxylic acids is 4. The third-order valence-electron chi connectivity index (χ3n) is 4.22. The predicted octanol–water partition coefficient (Wildman–Crippen LogP) is 0.692. The highest BCUT2D eigenvalue weighted by atomic mass is 16.6. The number of carboxylic acids is 1. The molecule has 11 nitrogen and oxygen atoms in total. The Kier molecular flexibility index (Phi) is 6.09. The van der Waals surface area contributed by atoms with Crippen molar-refractivity contribution in [3.8, 4) is 0 Å². The lowest BCUT2D eigenvalue weighted by atomic mass is 10.0. The van der Waals surface area contributed by atoms with Crippen LogP contribution in [0.1, 0.15) is 63.6 Å². The fourth-order valence-electron chi connectivity index (χ4n) is 2.72. The van der Waals surface area contributed by atoms with E-state index in [2.05, 4.69) is 4.74 Å². The van der Waals surface area contributed by atoms with Crippen LogP contribution >= 0.6 is 0 Å². The minimum absolute atomic E-state index is 0.0250. The van der Waals surface area contributed by atoms with Gasteiger partial charge in [-0.3, -0.25) is 0 Å². The summed E-state index contributed by atoms with van der Waals surface area (Å²) in [6.07, 6.45) is -1.92. The number of aliphatic hydroxyl groups is 2. The third-order valence-corrected chi connectivity index (χ3v) is 4.22. The van der Waals surface area contributed by atoms with Crippen molar-refractivity contribution in [2.24, 2.45) is 0 Å². The zero-order valence-electron chi connectivity index (χ0n) is 15.6. The van der Waals surface area contributed by atoms with Crippen molar-refractivity contribution in [2.45, 2.75) is 6.29 Å². The van der Waals surface area contributed by atoms with Gasteiger partial charge in [-0.25, -0.2) is 24.0 Å². The summed E-state index contributed by atoms with van der Waals surface area (Å²) < 4.78 is 14.2. The number of esters is 4. The zero-order chi connectivity index (χ0) is 22.7. The Morgan fingerprint density at radius 1 is 0.839 bits per heavy atom. The summed E-state index contributed by atoms with van der Waals surface area (Å²) in [6, 6.07) is 6.80. The first kappa shape index (κ1) is 21.6. The smallest absolute Gasteiger partial charge is 0.346 e.